The summed E-state index contributed by atoms with van der Waals surface area (Å²) in [5, 5.41) is 16.2. The standard InChI is InChI=1S/C46H49ClF3N7O5S/c1-45(2)14-12-30(38(25-45)36-9-6-31(22-39(36)47)46(48,49)50)28-55-16-18-56(19-17-55)32-7-10-37(42(23-32)62-34-21-29-13-15-51-43(29)53-27-34)44(58)54-63-35-8-11-40(41(24-35)57(59)60)52-26-33-5-3-4-20-61-33/h6-11,13,15,21-24,27,33,52H,3-5,12,14,16-20,25-26,28H2,1-2H3,(H,51,53)(H,54,58). The molecule has 0 bridgehead atoms. The Hall–Kier alpha value is -5.29. The lowest BCUT2D eigenvalue weighted by atomic mass is 9.72. The molecule has 3 N–H and O–H groups in total. The Morgan fingerprint density at radius 3 is 2.65 bits per heavy atom. The number of nitrogens with one attached hydrogen (secondary N) is 3. The Bertz CT molecular complexity index is 2520. The van der Waals surface area contributed by atoms with Crippen LogP contribution >= 0.6 is 23.5 Å². The monoisotopic (exact) mass is 903 g/mol. The maximum atomic E-state index is 13.9. The van der Waals surface area contributed by atoms with E-state index in [0.717, 1.165) is 92.3 Å². The quantitative estimate of drug-likeness (QED) is 0.0595. The number of alkyl halides is 3. The number of nitro benzene ring substituents is 1. The molecule has 1 amide bonds. The maximum Gasteiger partial charge on any atom is 0.416 e. The van der Waals surface area contributed by atoms with Crippen LogP contribution in [0.1, 0.15) is 73.9 Å². The van der Waals surface area contributed by atoms with Crippen molar-refractivity contribution in [1.29, 1.82) is 0 Å². The molecule has 5 aromatic rings. The Balaban J connectivity index is 0.973. The van der Waals surface area contributed by atoms with Gasteiger partial charge in [-0.15, -0.1) is 0 Å². The lowest BCUT2D eigenvalue weighted by molar-refractivity contribution is -0.384. The summed E-state index contributed by atoms with van der Waals surface area (Å²) in [6.45, 7) is 9.04. The molecule has 2 fully saturated rings. The molecule has 1 unspecified atom stereocenters. The molecule has 0 radical (unpaired) electrons. The van der Waals surface area contributed by atoms with E-state index < -0.39 is 22.6 Å². The van der Waals surface area contributed by atoms with E-state index in [1.165, 1.54) is 17.7 Å². The molecule has 17 heteroatoms. The van der Waals surface area contributed by atoms with Gasteiger partial charge in [-0.1, -0.05) is 37.1 Å². The van der Waals surface area contributed by atoms with Gasteiger partial charge in [-0.3, -0.25) is 24.5 Å². The number of nitro groups is 1. The number of pyridine rings is 1. The van der Waals surface area contributed by atoms with Gasteiger partial charge in [-0.2, -0.15) is 13.2 Å². The van der Waals surface area contributed by atoms with Gasteiger partial charge in [-0.05, 0) is 116 Å². The highest BCUT2D eigenvalue weighted by Crippen LogP contribution is 2.46. The third-order valence-corrected chi connectivity index (χ3v) is 13.1. The summed E-state index contributed by atoms with van der Waals surface area (Å²) < 4.78 is 55.4. The summed E-state index contributed by atoms with van der Waals surface area (Å²) >= 11 is 7.52. The van der Waals surface area contributed by atoms with Crippen LogP contribution < -0.4 is 19.7 Å². The van der Waals surface area contributed by atoms with Gasteiger partial charge < -0.3 is 24.7 Å². The first-order valence-corrected chi connectivity index (χ1v) is 22.3. The van der Waals surface area contributed by atoms with Crippen LogP contribution in [0.5, 0.6) is 11.5 Å². The zero-order chi connectivity index (χ0) is 44.3. The molecule has 3 aromatic carbocycles. The molecular formula is C46H49ClF3N7O5S. The first-order chi connectivity index (χ1) is 30.2. The Morgan fingerprint density at radius 2 is 1.90 bits per heavy atom. The Morgan fingerprint density at radius 1 is 1.08 bits per heavy atom. The predicted molar refractivity (Wildman–Crippen MR) is 241 cm³/mol. The number of H-pyrrole nitrogens is 1. The van der Waals surface area contributed by atoms with Crippen LogP contribution in [0.3, 0.4) is 0 Å². The van der Waals surface area contributed by atoms with Crippen molar-refractivity contribution in [2.24, 2.45) is 5.41 Å². The Kier molecular flexibility index (Phi) is 13.2. The lowest BCUT2D eigenvalue weighted by Gasteiger charge is -2.39. The predicted octanol–water partition coefficient (Wildman–Crippen LogP) is 11.1. The van der Waals surface area contributed by atoms with Crippen molar-refractivity contribution in [3.63, 3.8) is 0 Å². The van der Waals surface area contributed by atoms with Gasteiger partial charge in [0.15, 0.2) is 0 Å². The first-order valence-electron chi connectivity index (χ1n) is 21.1. The second-order valence-electron chi connectivity index (χ2n) is 17.1. The molecule has 4 heterocycles. The number of aromatic amines is 1. The second-order valence-corrected chi connectivity index (χ2v) is 18.4. The SMILES string of the molecule is CC1(C)CCC(CN2CCN(c3ccc(C(=O)NSc4ccc(NCC5CCCCO5)c([N+](=O)[O-])c4)c(Oc4cnc5[nH]ccc5c4)c3)CC2)=C(c2ccc(C(F)(F)F)cc2Cl)C1. The van der Waals surface area contributed by atoms with E-state index in [1.54, 1.807) is 30.6 Å². The summed E-state index contributed by atoms with van der Waals surface area (Å²) in [5.41, 5.74) is 4.23. The normalized spacial score (nSPS) is 18.4. The molecule has 2 saturated heterocycles. The fourth-order valence-corrected chi connectivity index (χ4v) is 9.39. The number of benzene rings is 3. The molecule has 332 valence electrons. The van der Waals surface area contributed by atoms with Gasteiger partial charge in [0.2, 0.25) is 0 Å². The molecule has 2 aromatic heterocycles. The number of carbonyl (C=O) groups excluding carboxylic acids is 1. The number of hydrogen-bond acceptors (Lipinski definition) is 10. The van der Waals surface area contributed by atoms with Crippen molar-refractivity contribution >= 4 is 63.1 Å². The van der Waals surface area contributed by atoms with Crippen LogP contribution in [0.4, 0.5) is 30.2 Å². The minimum atomic E-state index is -4.47. The highest BCUT2D eigenvalue weighted by Gasteiger charge is 2.34. The Labute approximate surface area is 372 Å². The number of amides is 1. The lowest BCUT2D eigenvalue weighted by Crippen LogP contribution is -2.47. The molecule has 3 aliphatic rings. The van der Waals surface area contributed by atoms with Crippen molar-refractivity contribution < 1.29 is 32.4 Å². The van der Waals surface area contributed by atoms with Crippen molar-refractivity contribution in [2.75, 3.05) is 56.1 Å². The third-order valence-electron chi connectivity index (χ3n) is 12.0. The van der Waals surface area contributed by atoms with E-state index in [4.69, 9.17) is 21.1 Å². The van der Waals surface area contributed by atoms with E-state index >= 15 is 0 Å². The number of nitrogens with zero attached hydrogens (tertiary/aromatic N) is 4. The summed E-state index contributed by atoms with van der Waals surface area (Å²) in [6, 6.07) is 17.6. The van der Waals surface area contributed by atoms with Gasteiger partial charge in [0, 0.05) is 85.2 Å². The number of allylic oxidation sites excluding steroid dienone is 1. The van der Waals surface area contributed by atoms with Gasteiger partial charge >= 0.3 is 6.18 Å². The third kappa shape index (κ3) is 10.7. The molecule has 1 atom stereocenters. The molecule has 1 aliphatic carbocycles. The number of aromatic nitrogens is 2. The highest BCUT2D eigenvalue weighted by atomic mass is 35.5. The number of carbonyl (C=O) groups is 1. The summed E-state index contributed by atoms with van der Waals surface area (Å²) in [6.07, 6.45) is 4.40. The van der Waals surface area contributed by atoms with Crippen LogP contribution in [0.2, 0.25) is 5.02 Å². The fraction of sp³-hybridized carbons (Fsp3) is 0.391. The minimum Gasteiger partial charge on any atom is -0.455 e. The van der Waals surface area contributed by atoms with Gasteiger partial charge in [0.05, 0.1) is 28.4 Å². The number of halogens is 4. The summed E-state index contributed by atoms with van der Waals surface area (Å²) in [4.78, 5) is 38.1. The molecule has 2 aliphatic heterocycles. The van der Waals surface area contributed by atoms with E-state index in [1.807, 2.05) is 24.3 Å². The highest BCUT2D eigenvalue weighted by molar-refractivity contribution is 7.98. The zero-order valence-corrected chi connectivity index (χ0v) is 36.6. The van der Waals surface area contributed by atoms with E-state index in [9.17, 15) is 28.1 Å². The zero-order valence-electron chi connectivity index (χ0n) is 35.0. The van der Waals surface area contributed by atoms with Crippen molar-refractivity contribution in [3.05, 3.63) is 117 Å². The van der Waals surface area contributed by atoms with E-state index in [2.05, 4.69) is 43.7 Å². The minimum absolute atomic E-state index is 0.00260. The number of piperazine rings is 1. The molecule has 0 spiro atoms. The summed E-state index contributed by atoms with van der Waals surface area (Å²) in [7, 11) is 0. The molecule has 0 saturated carbocycles. The number of hydrogen-bond donors (Lipinski definition) is 3. The topological polar surface area (TPSA) is 138 Å². The fourth-order valence-electron chi connectivity index (χ4n) is 8.47. The van der Waals surface area contributed by atoms with Crippen LogP contribution in [0, 0.1) is 15.5 Å². The van der Waals surface area contributed by atoms with Crippen molar-refractivity contribution in [2.45, 2.75) is 69.5 Å². The average Bonchev–Trinajstić information content (AvgIpc) is 3.74. The van der Waals surface area contributed by atoms with Gasteiger partial charge in [0.25, 0.3) is 11.6 Å². The smallest absolute Gasteiger partial charge is 0.416 e. The first kappa shape index (κ1) is 44.3. The van der Waals surface area contributed by atoms with Gasteiger partial charge in [0.1, 0.15) is 22.8 Å². The number of ether oxygens (including phenoxy) is 2. The van der Waals surface area contributed by atoms with Crippen LogP contribution in [-0.2, 0) is 10.9 Å². The largest absolute Gasteiger partial charge is 0.455 e. The van der Waals surface area contributed by atoms with Crippen molar-refractivity contribution in [3.8, 4) is 11.5 Å². The molecular weight excluding hydrogens is 855 g/mol. The van der Waals surface area contributed by atoms with Crippen molar-refractivity contribution in [1.82, 2.24) is 19.6 Å². The number of rotatable bonds is 13. The van der Waals surface area contributed by atoms with E-state index in [-0.39, 0.29) is 27.8 Å². The number of fused-ring (bicyclic) bond motifs is 1. The summed E-state index contributed by atoms with van der Waals surface area (Å²) in [5.74, 6) is 0.304. The van der Waals surface area contributed by atoms with Crippen LogP contribution in [0.15, 0.2) is 89.6 Å². The maximum absolute atomic E-state index is 13.9. The van der Waals surface area contributed by atoms with Crippen LogP contribution in [-0.4, -0.2) is 77.7 Å². The second kappa shape index (κ2) is 18.8. The molecule has 8 rings (SSSR count). The van der Waals surface area contributed by atoms with Gasteiger partial charge in [-0.25, -0.2) is 4.98 Å². The average molecular weight is 904 g/mol. The van der Waals surface area contributed by atoms with E-state index in [0.29, 0.717) is 66.1 Å². The molecule has 63 heavy (non-hydrogen) atoms. The number of anilines is 2. The van der Waals surface area contributed by atoms with Crippen LogP contribution in [0.25, 0.3) is 16.6 Å². The molecule has 12 nitrogen and oxygen atoms in total.